The maximum absolute atomic E-state index is 10.3. The molecule has 0 fully saturated rings. The summed E-state index contributed by atoms with van der Waals surface area (Å²) in [4.78, 5) is 10.3. The van der Waals surface area contributed by atoms with Crippen molar-refractivity contribution in [2.24, 2.45) is 0 Å². The Kier molecular flexibility index (Phi) is 55.6. The average Bonchev–Trinajstić information content (AvgIpc) is 2.25. The van der Waals surface area contributed by atoms with Crippen molar-refractivity contribution in [3.8, 4) is 0 Å². The molecule has 0 aliphatic heterocycles. The summed E-state index contributed by atoms with van der Waals surface area (Å²) in [5.74, 6) is -0.657. The van der Waals surface area contributed by atoms with Crippen LogP contribution in [0.3, 0.4) is 0 Å². The van der Waals surface area contributed by atoms with Crippen LogP contribution in [0.15, 0.2) is 0 Å². The fraction of sp³-hybridized carbons (Fsp3) is 0.929. The van der Waals surface area contributed by atoms with Gasteiger partial charge in [-0.05, 0) is 6.42 Å². The maximum atomic E-state index is 10.3. The number of unbranched alkanes of at least 4 members (excludes halogenated alkanes) is 10. The fourth-order valence-electron chi connectivity index (χ4n) is 1.94. The lowest BCUT2D eigenvalue weighted by atomic mass is 10.1. The standard InChI is InChI=1S/C14H28O2.5H2O/c1-2-3-4-5-6-7-8-9-10-11-12-13-14(15)16;;;;;/h2-13H2,1H3,(H,15,16);5*1H2. The van der Waals surface area contributed by atoms with Gasteiger partial charge in [-0.1, -0.05) is 71.1 Å². The van der Waals surface area contributed by atoms with Gasteiger partial charge in [-0.3, -0.25) is 4.79 Å². The van der Waals surface area contributed by atoms with Crippen molar-refractivity contribution in [1.29, 1.82) is 0 Å². The maximum Gasteiger partial charge on any atom is 0.303 e. The second kappa shape index (κ2) is 31.6. The van der Waals surface area contributed by atoms with E-state index in [2.05, 4.69) is 6.92 Å². The van der Waals surface area contributed by atoms with Crippen molar-refractivity contribution in [2.75, 3.05) is 0 Å². The molecule has 0 aliphatic rings. The van der Waals surface area contributed by atoms with E-state index in [1.165, 1.54) is 57.8 Å². The Balaban J connectivity index is -0.000000112. The summed E-state index contributed by atoms with van der Waals surface area (Å²) >= 11 is 0. The predicted molar refractivity (Wildman–Crippen MR) is 86.8 cm³/mol. The zero-order valence-electron chi connectivity index (χ0n) is 13.3. The van der Waals surface area contributed by atoms with Gasteiger partial charge in [-0.2, -0.15) is 0 Å². The highest BCUT2D eigenvalue weighted by Crippen LogP contribution is 2.11. The highest BCUT2D eigenvalue weighted by molar-refractivity contribution is 5.66. The number of hydrogen-bond acceptors (Lipinski definition) is 1. The molecule has 11 N–H and O–H groups in total. The number of rotatable bonds is 12. The highest BCUT2D eigenvalue weighted by Gasteiger charge is 1.96. The minimum absolute atomic E-state index is 0. The molecule has 0 saturated heterocycles. The van der Waals surface area contributed by atoms with Gasteiger partial charge in [-0.15, -0.1) is 0 Å². The molecule has 0 bridgehead atoms. The Morgan fingerprint density at radius 1 is 0.619 bits per heavy atom. The van der Waals surface area contributed by atoms with Crippen molar-refractivity contribution in [3.63, 3.8) is 0 Å². The summed E-state index contributed by atoms with van der Waals surface area (Å²) < 4.78 is 0. The Morgan fingerprint density at radius 3 is 1.19 bits per heavy atom. The number of carboxylic acid groups (broad SMARTS) is 1. The van der Waals surface area contributed by atoms with Crippen LogP contribution in [0.4, 0.5) is 0 Å². The summed E-state index contributed by atoms with van der Waals surface area (Å²) in [5, 5.41) is 8.46. The molecule has 0 radical (unpaired) electrons. The van der Waals surface area contributed by atoms with Gasteiger partial charge < -0.3 is 32.5 Å². The molecule has 0 rings (SSSR count). The number of aliphatic carboxylic acids is 1. The van der Waals surface area contributed by atoms with Gasteiger partial charge in [-0.25, -0.2) is 0 Å². The zero-order chi connectivity index (χ0) is 12.1. The van der Waals surface area contributed by atoms with E-state index in [4.69, 9.17) is 5.11 Å². The van der Waals surface area contributed by atoms with E-state index in [0.29, 0.717) is 6.42 Å². The van der Waals surface area contributed by atoms with Crippen LogP contribution in [-0.4, -0.2) is 38.5 Å². The van der Waals surface area contributed by atoms with Crippen LogP contribution in [0.1, 0.15) is 84.0 Å². The SMILES string of the molecule is CCCCCCCCCCCCCC(=O)O.O.O.O.O.O. The van der Waals surface area contributed by atoms with E-state index in [-0.39, 0.29) is 27.4 Å². The summed E-state index contributed by atoms with van der Waals surface area (Å²) in [6.07, 6.45) is 14.4. The Hall–Kier alpha value is -0.730. The van der Waals surface area contributed by atoms with E-state index >= 15 is 0 Å². The van der Waals surface area contributed by atoms with Gasteiger partial charge in [0, 0.05) is 6.42 Å². The molecule has 7 heteroatoms. The monoisotopic (exact) mass is 318 g/mol. The van der Waals surface area contributed by atoms with Crippen LogP contribution in [0, 0.1) is 0 Å². The summed E-state index contributed by atoms with van der Waals surface area (Å²) in [7, 11) is 0. The van der Waals surface area contributed by atoms with Gasteiger partial charge in [0.15, 0.2) is 0 Å². The molecule has 0 heterocycles. The molecule has 136 valence electrons. The van der Waals surface area contributed by atoms with Crippen molar-refractivity contribution in [2.45, 2.75) is 84.0 Å². The molecule has 7 nitrogen and oxygen atoms in total. The van der Waals surface area contributed by atoms with Gasteiger partial charge in [0.2, 0.25) is 0 Å². The lowest BCUT2D eigenvalue weighted by Crippen LogP contribution is -1.93. The molecular formula is C14H38O7. The second-order valence-electron chi connectivity index (χ2n) is 4.68. The summed E-state index contributed by atoms with van der Waals surface area (Å²) in [5.41, 5.74) is 0. The van der Waals surface area contributed by atoms with Gasteiger partial charge in [0.1, 0.15) is 0 Å². The van der Waals surface area contributed by atoms with Crippen molar-refractivity contribution in [3.05, 3.63) is 0 Å². The fourth-order valence-corrected chi connectivity index (χ4v) is 1.94. The molecule has 0 aromatic rings. The van der Waals surface area contributed by atoms with Crippen molar-refractivity contribution >= 4 is 5.97 Å². The number of carbonyl (C=O) groups is 1. The molecule has 0 atom stereocenters. The summed E-state index contributed by atoms with van der Waals surface area (Å²) in [6.45, 7) is 2.25. The third-order valence-corrected chi connectivity index (χ3v) is 2.99. The first-order valence-electron chi connectivity index (χ1n) is 6.99. The van der Waals surface area contributed by atoms with Crippen molar-refractivity contribution < 1.29 is 37.3 Å². The van der Waals surface area contributed by atoms with E-state index in [1.807, 2.05) is 0 Å². The molecule has 0 amide bonds. The third kappa shape index (κ3) is 38.2. The van der Waals surface area contributed by atoms with E-state index in [0.717, 1.165) is 12.8 Å². The molecule has 0 spiro atoms. The Labute approximate surface area is 128 Å². The molecule has 0 saturated carbocycles. The first-order chi connectivity index (χ1) is 7.77. The second-order valence-corrected chi connectivity index (χ2v) is 4.68. The van der Waals surface area contributed by atoms with Crippen LogP contribution >= 0.6 is 0 Å². The van der Waals surface area contributed by atoms with Gasteiger partial charge >= 0.3 is 5.97 Å². The predicted octanol–water partition coefficient (Wildman–Crippen LogP) is 0.649. The molecule has 0 aromatic carbocycles. The van der Waals surface area contributed by atoms with Crippen LogP contribution in [0.25, 0.3) is 0 Å². The Bertz CT molecular complexity index is 165. The molecular weight excluding hydrogens is 280 g/mol. The van der Waals surface area contributed by atoms with Crippen LogP contribution in [0.2, 0.25) is 0 Å². The minimum atomic E-state index is -0.657. The van der Waals surface area contributed by atoms with E-state index in [9.17, 15) is 4.79 Å². The number of hydrogen-bond donors (Lipinski definition) is 1. The molecule has 0 aliphatic carbocycles. The quantitative estimate of drug-likeness (QED) is 0.516. The summed E-state index contributed by atoms with van der Waals surface area (Å²) in [6, 6.07) is 0. The zero-order valence-corrected chi connectivity index (χ0v) is 13.3. The largest absolute Gasteiger partial charge is 0.481 e. The normalized spacial score (nSPS) is 8.05. The van der Waals surface area contributed by atoms with Crippen molar-refractivity contribution in [1.82, 2.24) is 0 Å². The molecule has 0 unspecified atom stereocenters. The van der Waals surface area contributed by atoms with Crippen LogP contribution in [0.5, 0.6) is 0 Å². The highest BCUT2D eigenvalue weighted by atomic mass is 16.4. The van der Waals surface area contributed by atoms with Gasteiger partial charge in [0.05, 0.1) is 0 Å². The molecule has 21 heavy (non-hydrogen) atoms. The van der Waals surface area contributed by atoms with Gasteiger partial charge in [0.25, 0.3) is 0 Å². The third-order valence-electron chi connectivity index (χ3n) is 2.99. The Morgan fingerprint density at radius 2 is 0.905 bits per heavy atom. The topological polar surface area (TPSA) is 195 Å². The lowest BCUT2D eigenvalue weighted by Gasteiger charge is -2.01. The first kappa shape index (κ1) is 37.0. The molecule has 0 aromatic heterocycles. The smallest absolute Gasteiger partial charge is 0.303 e. The van der Waals surface area contributed by atoms with E-state index in [1.54, 1.807) is 0 Å². The minimum Gasteiger partial charge on any atom is -0.481 e. The lowest BCUT2D eigenvalue weighted by molar-refractivity contribution is -0.137. The number of carboxylic acids is 1. The van der Waals surface area contributed by atoms with Crippen LogP contribution in [-0.2, 0) is 4.79 Å². The first-order valence-corrected chi connectivity index (χ1v) is 6.99. The van der Waals surface area contributed by atoms with E-state index < -0.39 is 5.97 Å². The van der Waals surface area contributed by atoms with Crippen LogP contribution < -0.4 is 0 Å². The average molecular weight is 318 g/mol.